The summed E-state index contributed by atoms with van der Waals surface area (Å²) in [6.07, 6.45) is 0. The Hall–Kier alpha value is -2.10. The fourth-order valence-corrected chi connectivity index (χ4v) is 3.61. The summed E-state index contributed by atoms with van der Waals surface area (Å²) in [5.41, 5.74) is 6.57. The van der Waals surface area contributed by atoms with Crippen molar-refractivity contribution in [2.24, 2.45) is 0 Å². The number of nitrogen functional groups attached to an aromatic ring is 1. The average molecular weight is 533 g/mol. The number of benzene rings is 2. The van der Waals surface area contributed by atoms with Gasteiger partial charge in [-0.15, -0.1) is 0 Å². The molecule has 28 heavy (non-hydrogen) atoms. The first-order valence-electron chi connectivity index (χ1n) is 7.95. The molecule has 0 unspecified atom stereocenters. The lowest BCUT2D eigenvalue weighted by molar-refractivity contribution is 0.0945. The molecule has 4 N–H and O–H groups in total. The normalized spacial score (nSPS) is 10.8. The van der Waals surface area contributed by atoms with Crippen molar-refractivity contribution >= 4 is 55.1 Å². The number of nitrogens with two attached hydrogens (primary N) is 1. The fourth-order valence-electron chi connectivity index (χ4n) is 2.44. The Morgan fingerprint density at radius 2 is 2.11 bits per heavy atom. The number of H-pyrrole nitrogens is 1. The summed E-state index contributed by atoms with van der Waals surface area (Å²) in [7, 11) is 0. The molecule has 0 saturated carbocycles. The maximum Gasteiger partial charge on any atom is 0.272 e. The molecule has 1 heterocycles. The van der Waals surface area contributed by atoms with E-state index in [2.05, 4.69) is 47.1 Å². The molecular weight excluding hydrogens is 518 g/mol. The van der Waals surface area contributed by atoms with Crippen molar-refractivity contribution < 1.29 is 13.9 Å². The van der Waals surface area contributed by atoms with Gasteiger partial charge in [-0.3, -0.25) is 4.79 Å². The third-order valence-electron chi connectivity index (χ3n) is 3.68. The van der Waals surface area contributed by atoms with Crippen LogP contribution in [-0.2, 0) is 6.54 Å². The molecule has 146 valence electrons. The number of carbonyl (C=O) groups excluding carboxylic acids is 1. The number of imidazole rings is 1. The number of anilines is 1. The number of amides is 1. The molecule has 0 aliphatic rings. The van der Waals surface area contributed by atoms with Crippen molar-refractivity contribution in [2.75, 3.05) is 5.73 Å². The third-order valence-corrected chi connectivity index (χ3v) is 5.09. The predicted octanol–water partition coefficient (Wildman–Crippen LogP) is 5.34. The second-order valence-electron chi connectivity index (χ2n) is 5.84. The van der Waals surface area contributed by atoms with Crippen molar-refractivity contribution in [3.05, 3.63) is 67.3 Å². The van der Waals surface area contributed by atoms with E-state index in [4.69, 9.17) is 22.1 Å². The lowest BCUT2D eigenvalue weighted by Gasteiger charge is -2.13. The largest absolute Gasteiger partial charge is 0.453 e. The smallest absolute Gasteiger partial charge is 0.272 e. The van der Waals surface area contributed by atoms with Crippen LogP contribution < -0.4 is 15.8 Å². The van der Waals surface area contributed by atoms with Crippen LogP contribution in [0.1, 0.15) is 21.9 Å². The van der Waals surface area contributed by atoms with Gasteiger partial charge in [-0.1, -0.05) is 17.7 Å². The SMILES string of the molecule is Cc1nc(C(=O)NCc2ccc(Br)c(Oc3cc(N)cc(Cl)c3)c2F)c(Br)[nH]1. The van der Waals surface area contributed by atoms with Gasteiger partial charge in [-0.05, 0) is 57.0 Å². The van der Waals surface area contributed by atoms with Crippen LogP contribution in [0.4, 0.5) is 10.1 Å². The lowest BCUT2D eigenvalue weighted by atomic mass is 10.2. The minimum absolute atomic E-state index is 0.0368. The number of ether oxygens (including phenoxy) is 1. The lowest BCUT2D eigenvalue weighted by Crippen LogP contribution is -2.24. The van der Waals surface area contributed by atoms with Crippen LogP contribution in [-0.4, -0.2) is 15.9 Å². The highest BCUT2D eigenvalue weighted by molar-refractivity contribution is 9.10. The van der Waals surface area contributed by atoms with E-state index in [0.717, 1.165) is 0 Å². The Morgan fingerprint density at radius 1 is 1.36 bits per heavy atom. The first kappa shape index (κ1) is 20.6. The molecule has 3 rings (SSSR count). The summed E-state index contributed by atoms with van der Waals surface area (Å²) in [5.74, 6) is -0.218. The Labute approximate surface area is 181 Å². The summed E-state index contributed by atoms with van der Waals surface area (Å²) in [6.45, 7) is 1.67. The number of aromatic nitrogens is 2. The summed E-state index contributed by atoms with van der Waals surface area (Å²) in [5, 5.41) is 3.01. The van der Waals surface area contributed by atoms with Crippen LogP contribution in [0.2, 0.25) is 5.02 Å². The van der Waals surface area contributed by atoms with E-state index < -0.39 is 11.7 Å². The first-order chi connectivity index (χ1) is 13.2. The van der Waals surface area contributed by atoms with Crippen LogP contribution in [0.25, 0.3) is 0 Å². The van der Waals surface area contributed by atoms with Gasteiger partial charge in [0.1, 0.15) is 16.2 Å². The molecule has 0 radical (unpaired) electrons. The van der Waals surface area contributed by atoms with Crippen molar-refractivity contribution in [1.29, 1.82) is 0 Å². The first-order valence-corrected chi connectivity index (χ1v) is 9.92. The zero-order valence-corrected chi connectivity index (χ0v) is 18.4. The van der Waals surface area contributed by atoms with E-state index >= 15 is 0 Å². The standard InChI is InChI=1S/C18H14Br2ClFN4O2/c1-8-25-15(17(20)26-8)18(27)24-7-9-2-3-13(19)16(14(9)22)28-12-5-10(21)4-11(23)6-12/h2-6H,7,23H2,1H3,(H,24,27)(H,25,26). The summed E-state index contributed by atoms with van der Waals surface area (Å²) in [4.78, 5) is 19.2. The van der Waals surface area contributed by atoms with Crippen molar-refractivity contribution in [3.63, 3.8) is 0 Å². The molecule has 1 aromatic heterocycles. The molecule has 0 fully saturated rings. The number of nitrogens with zero attached hydrogens (tertiary/aromatic N) is 1. The minimum atomic E-state index is -0.620. The van der Waals surface area contributed by atoms with Crippen molar-refractivity contribution in [3.8, 4) is 11.5 Å². The van der Waals surface area contributed by atoms with E-state index in [1.54, 1.807) is 25.1 Å². The topological polar surface area (TPSA) is 93.0 Å². The zero-order valence-electron chi connectivity index (χ0n) is 14.4. The second-order valence-corrected chi connectivity index (χ2v) is 7.92. The van der Waals surface area contributed by atoms with Crippen LogP contribution in [0.5, 0.6) is 11.5 Å². The molecule has 3 aromatic rings. The molecule has 0 spiro atoms. The van der Waals surface area contributed by atoms with E-state index in [9.17, 15) is 9.18 Å². The van der Waals surface area contributed by atoms with Crippen LogP contribution in [0.15, 0.2) is 39.4 Å². The van der Waals surface area contributed by atoms with E-state index in [0.29, 0.717) is 31.4 Å². The molecule has 0 bridgehead atoms. The van der Waals surface area contributed by atoms with E-state index in [1.807, 2.05) is 0 Å². The molecule has 10 heteroatoms. The number of hydrogen-bond donors (Lipinski definition) is 3. The molecule has 0 aliphatic heterocycles. The molecule has 0 aliphatic carbocycles. The number of aromatic amines is 1. The van der Waals surface area contributed by atoms with Crippen LogP contribution in [0, 0.1) is 12.7 Å². The van der Waals surface area contributed by atoms with Gasteiger partial charge in [-0.2, -0.15) is 0 Å². The molecule has 2 aromatic carbocycles. The van der Waals surface area contributed by atoms with E-state index in [-0.39, 0.29) is 23.6 Å². The van der Waals surface area contributed by atoms with Crippen LogP contribution in [0.3, 0.4) is 0 Å². The average Bonchev–Trinajstić information content (AvgIpc) is 2.95. The highest BCUT2D eigenvalue weighted by atomic mass is 79.9. The van der Waals surface area contributed by atoms with Gasteiger partial charge in [0.2, 0.25) is 0 Å². The Balaban J connectivity index is 1.80. The molecule has 0 saturated heterocycles. The fraction of sp³-hybridized carbons (Fsp3) is 0.111. The number of halogens is 4. The number of hydrogen-bond acceptors (Lipinski definition) is 4. The summed E-state index contributed by atoms with van der Waals surface area (Å²) < 4.78 is 21.5. The zero-order chi connectivity index (χ0) is 20.4. The van der Waals surface area contributed by atoms with Crippen molar-refractivity contribution in [2.45, 2.75) is 13.5 Å². The number of aryl methyl sites for hydroxylation is 1. The predicted molar refractivity (Wildman–Crippen MR) is 112 cm³/mol. The minimum Gasteiger partial charge on any atom is -0.453 e. The van der Waals surface area contributed by atoms with Gasteiger partial charge in [0.05, 0.1) is 4.47 Å². The summed E-state index contributed by atoms with van der Waals surface area (Å²) >= 11 is 12.5. The maximum absolute atomic E-state index is 15.0. The number of rotatable bonds is 5. The van der Waals surface area contributed by atoms with Crippen molar-refractivity contribution in [1.82, 2.24) is 15.3 Å². The quantitative estimate of drug-likeness (QED) is 0.387. The Kier molecular flexibility index (Phi) is 6.26. The highest BCUT2D eigenvalue weighted by Crippen LogP contribution is 2.35. The second kappa shape index (κ2) is 8.50. The summed E-state index contributed by atoms with van der Waals surface area (Å²) in [6, 6.07) is 7.78. The third kappa shape index (κ3) is 4.65. The molecule has 0 atom stereocenters. The van der Waals surface area contributed by atoms with Gasteiger partial charge in [0, 0.05) is 28.9 Å². The van der Waals surface area contributed by atoms with Gasteiger partial charge in [0.15, 0.2) is 17.3 Å². The Bertz CT molecular complexity index is 1040. The number of nitrogens with one attached hydrogen (secondary N) is 2. The molecule has 1 amide bonds. The van der Waals surface area contributed by atoms with E-state index in [1.165, 1.54) is 12.1 Å². The molecule has 6 nitrogen and oxygen atoms in total. The maximum atomic E-state index is 15.0. The highest BCUT2D eigenvalue weighted by Gasteiger charge is 2.18. The van der Waals surface area contributed by atoms with Gasteiger partial charge in [0.25, 0.3) is 5.91 Å². The van der Waals surface area contributed by atoms with Gasteiger partial charge in [-0.25, -0.2) is 9.37 Å². The van der Waals surface area contributed by atoms with Gasteiger partial charge >= 0.3 is 0 Å². The number of carbonyl (C=O) groups is 1. The Morgan fingerprint density at radius 3 is 2.75 bits per heavy atom. The van der Waals surface area contributed by atoms with Crippen LogP contribution >= 0.6 is 43.5 Å². The molecular formula is C18H14Br2ClFN4O2. The van der Waals surface area contributed by atoms with Gasteiger partial charge < -0.3 is 20.8 Å². The monoisotopic (exact) mass is 530 g/mol.